The Morgan fingerprint density at radius 3 is 2.36 bits per heavy atom. The fraction of sp³-hybridized carbons (Fsp3) is 0.875. The van der Waals surface area contributed by atoms with Crippen molar-refractivity contribution >= 4 is 35.8 Å². The van der Waals surface area contributed by atoms with Crippen LogP contribution in [0.3, 0.4) is 0 Å². The number of carbonyl (C=O) groups excluding carboxylic acids is 1. The summed E-state index contributed by atoms with van der Waals surface area (Å²) in [5.74, 6) is 0.874. The van der Waals surface area contributed by atoms with Crippen LogP contribution in [0.4, 0.5) is 0 Å². The second-order valence-electron chi connectivity index (χ2n) is 6.51. The number of hydrogen-bond acceptors (Lipinski definition) is 2. The zero-order valence-corrected chi connectivity index (χ0v) is 16.3. The first-order chi connectivity index (χ1) is 10.2. The third-order valence-electron chi connectivity index (χ3n) is 5.02. The first kappa shape index (κ1) is 19.5. The molecule has 0 aromatic heterocycles. The Hall–Kier alpha value is -0.530. The van der Waals surface area contributed by atoms with Crippen LogP contribution in [-0.4, -0.2) is 50.5 Å². The van der Waals surface area contributed by atoms with Crippen LogP contribution in [-0.2, 0) is 4.79 Å². The second-order valence-corrected chi connectivity index (χ2v) is 6.51. The predicted molar refractivity (Wildman–Crippen MR) is 102 cm³/mol. The van der Waals surface area contributed by atoms with E-state index in [2.05, 4.69) is 20.5 Å². The molecule has 1 spiro atoms. The molecular weight excluding hydrogens is 391 g/mol. The molecular formula is C16H31IN4O. The molecule has 6 heteroatoms. The second kappa shape index (κ2) is 9.57. The van der Waals surface area contributed by atoms with E-state index in [9.17, 15) is 4.79 Å². The van der Waals surface area contributed by atoms with Gasteiger partial charge < -0.3 is 15.5 Å². The van der Waals surface area contributed by atoms with Gasteiger partial charge in [0.25, 0.3) is 0 Å². The molecule has 1 saturated carbocycles. The number of amides is 1. The van der Waals surface area contributed by atoms with Crippen molar-refractivity contribution in [3.8, 4) is 0 Å². The molecule has 0 aromatic carbocycles. The number of piperidine rings is 1. The van der Waals surface area contributed by atoms with Gasteiger partial charge in [-0.15, -0.1) is 24.0 Å². The van der Waals surface area contributed by atoms with E-state index >= 15 is 0 Å². The highest BCUT2D eigenvalue weighted by Gasteiger charge is 2.36. The van der Waals surface area contributed by atoms with Crippen molar-refractivity contribution < 1.29 is 4.79 Å². The lowest BCUT2D eigenvalue weighted by atomic mass is 9.74. The maximum atomic E-state index is 11.4. The van der Waals surface area contributed by atoms with Crippen molar-refractivity contribution in [3.63, 3.8) is 0 Å². The van der Waals surface area contributed by atoms with Gasteiger partial charge in [0.15, 0.2) is 5.96 Å². The lowest BCUT2D eigenvalue weighted by molar-refractivity contribution is -0.119. The standard InChI is InChI=1S/C16H30N4O.HI/c1-17-14(21)12-19-15(18-2)20-11-7-10-16(13-20)8-5-3-4-6-9-16;/h3-13H2,1-2H3,(H,17,21)(H,18,19);1H. The summed E-state index contributed by atoms with van der Waals surface area (Å²) in [6.07, 6.45) is 10.8. The van der Waals surface area contributed by atoms with Crippen LogP contribution in [0.25, 0.3) is 0 Å². The average Bonchev–Trinajstić information content (AvgIpc) is 2.73. The van der Waals surface area contributed by atoms with Crippen molar-refractivity contribution in [3.05, 3.63) is 0 Å². The maximum absolute atomic E-state index is 11.4. The van der Waals surface area contributed by atoms with Crippen LogP contribution in [0.1, 0.15) is 51.4 Å². The Labute approximate surface area is 151 Å². The minimum absolute atomic E-state index is 0. The van der Waals surface area contributed by atoms with Crippen LogP contribution >= 0.6 is 24.0 Å². The highest BCUT2D eigenvalue weighted by Crippen LogP contribution is 2.42. The predicted octanol–water partition coefficient (Wildman–Crippen LogP) is 2.36. The van der Waals surface area contributed by atoms with Gasteiger partial charge in [-0.3, -0.25) is 9.79 Å². The normalized spacial score (nSPS) is 21.7. The minimum atomic E-state index is -0.00246. The first-order valence-electron chi connectivity index (χ1n) is 8.35. The molecule has 128 valence electrons. The van der Waals surface area contributed by atoms with Crippen molar-refractivity contribution in [2.75, 3.05) is 33.7 Å². The molecule has 1 amide bonds. The molecule has 0 bridgehead atoms. The Kier molecular flexibility index (Phi) is 8.49. The van der Waals surface area contributed by atoms with E-state index in [1.807, 2.05) is 0 Å². The van der Waals surface area contributed by atoms with E-state index in [1.54, 1.807) is 14.1 Å². The van der Waals surface area contributed by atoms with Crippen molar-refractivity contribution in [2.45, 2.75) is 51.4 Å². The van der Waals surface area contributed by atoms with Gasteiger partial charge in [0.1, 0.15) is 0 Å². The topological polar surface area (TPSA) is 56.7 Å². The monoisotopic (exact) mass is 422 g/mol. The number of halogens is 1. The number of carbonyl (C=O) groups is 1. The van der Waals surface area contributed by atoms with Crippen LogP contribution < -0.4 is 10.6 Å². The number of rotatable bonds is 2. The summed E-state index contributed by atoms with van der Waals surface area (Å²) in [6, 6.07) is 0. The number of nitrogens with zero attached hydrogens (tertiary/aromatic N) is 2. The molecule has 1 saturated heterocycles. The molecule has 0 aromatic rings. The molecule has 22 heavy (non-hydrogen) atoms. The summed E-state index contributed by atoms with van der Waals surface area (Å²) in [5.41, 5.74) is 0.486. The molecule has 1 aliphatic carbocycles. The molecule has 0 unspecified atom stereocenters. The SMILES string of the molecule is CN=C(NCC(=O)NC)N1CCCC2(CCCCCC2)C1.I. The van der Waals surface area contributed by atoms with E-state index in [1.165, 1.54) is 51.4 Å². The Morgan fingerprint density at radius 1 is 1.14 bits per heavy atom. The summed E-state index contributed by atoms with van der Waals surface area (Å²) in [5, 5.41) is 5.83. The van der Waals surface area contributed by atoms with Gasteiger partial charge >= 0.3 is 0 Å². The van der Waals surface area contributed by atoms with E-state index in [0.29, 0.717) is 12.0 Å². The van der Waals surface area contributed by atoms with Crippen LogP contribution in [0.15, 0.2) is 4.99 Å². The summed E-state index contributed by atoms with van der Waals surface area (Å²) >= 11 is 0. The maximum Gasteiger partial charge on any atom is 0.239 e. The van der Waals surface area contributed by atoms with Gasteiger partial charge in [0.05, 0.1) is 6.54 Å². The lowest BCUT2D eigenvalue weighted by Gasteiger charge is -2.44. The van der Waals surface area contributed by atoms with Gasteiger partial charge in [0, 0.05) is 27.2 Å². The number of likely N-dealkylation sites (N-methyl/N-ethyl adjacent to an activating group) is 1. The van der Waals surface area contributed by atoms with E-state index in [-0.39, 0.29) is 29.9 Å². The van der Waals surface area contributed by atoms with E-state index in [4.69, 9.17) is 0 Å². The molecule has 1 aliphatic heterocycles. The van der Waals surface area contributed by atoms with Crippen LogP contribution in [0, 0.1) is 5.41 Å². The summed E-state index contributed by atoms with van der Waals surface area (Å²) in [4.78, 5) is 18.1. The number of aliphatic imine (C=N–C) groups is 1. The van der Waals surface area contributed by atoms with Crippen LogP contribution in [0.5, 0.6) is 0 Å². The molecule has 5 nitrogen and oxygen atoms in total. The van der Waals surface area contributed by atoms with Crippen LogP contribution in [0.2, 0.25) is 0 Å². The number of guanidine groups is 1. The fourth-order valence-corrected chi connectivity index (χ4v) is 3.86. The largest absolute Gasteiger partial charge is 0.358 e. The highest BCUT2D eigenvalue weighted by atomic mass is 127. The van der Waals surface area contributed by atoms with Gasteiger partial charge in [-0.1, -0.05) is 25.7 Å². The van der Waals surface area contributed by atoms with E-state index in [0.717, 1.165) is 19.0 Å². The molecule has 1 heterocycles. The quantitative estimate of drug-likeness (QED) is 0.408. The zero-order valence-electron chi connectivity index (χ0n) is 14.0. The molecule has 2 rings (SSSR count). The lowest BCUT2D eigenvalue weighted by Crippen LogP contribution is -2.51. The smallest absolute Gasteiger partial charge is 0.239 e. The summed E-state index contributed by atoms with van der Waals surface area (Å²) in [6.45, 7) is 2.45. The minimum Gasteiger partial charge on any atom is -0.358 e. The zero-order chi connectivity index (χ0) is 15.1. The number of likely N-dealkylation sites (tertiary alicyclic amines) is 1. The molecule has 2 N–H and O–H groups in total. The molecule has 0 atom stereocenters. The number of hydrogen-bond donors (Lipinski definition) is 2. The first-order valence-corrected chi connectivity index (χ1v) is 8.35. The third-order valence-corrected chi connectivity index (χ3v) is 5.02. The Morgan fingerprint density at radius 2 is 1.77 bits per heavy atom. The molecule has 2 fully saturated rings. The Bertz CT molecular complexity index is 378. The van der Waals surface area contributed by atoms with Crippen molar-refractivity contribution in [1.29, 1.82) is 0 Å². The van der Waals surface area contributed by atoms with Gasteiger partial charge in [-0.2, -0.15) is 0 Å². The van der Waals surface area contributed by atoms with Crippen molar-refractivity contribution in [2.24, 2.45) is 10.4 Å². The average molecular weight is 422 g/mol. The van der Waals surface area contributed by atoms with Crippen molar-refractivity contribution in [1.82, 2.24) is 15.5 Å². The van der Waals surface area contributed by atoms with Gasteiger partial charge in [-0.05, 0) is 31.1 Å². The summed E-state index contributed by atoms with van der Waals surface area (Å²) in [7, 11) is 3.47. The third kappa shape index (κ3) is 5.28. The number of nitrogens with one attached hydrogen (secondary N) is 2. The van der Waals surface area contributed by atoms with Gasteiger partial charge in [0.2, 0.25) is 5.91 Å². The van der Waals surface area contributed by atoms with E-state index < -0.39 is 0 Å². The molecule has 0 radical (unpaired) electrons. The highest BCUT2D eigenvalue weighted by molar-refractivity contribution is 14.0. The Balaban J connectivity index is 0.00000242. The van der Waals surface area contributed by atoms with Gasteiger partial charge in [-0.25, -0.2) is 0 Å². The summed E-state index contributed by atoms with van der Waals surface area (Å²) < 4.78 is 0. The fourth-order valence-electron chi connectivity index (χ4n) is 3.86. The molecule has 2 aliphatic rings.